The highest BCUT2D eigenvalue weighted by Crippen LogP contribution is 2.33. The predicted octanol–water partition coefficient (Wildman–Crippen LogP) is 2.98. The van der Waals surface area contributed by atoms with Crippen molar-refractivity contribution < 1.29 is 9.18 Å². The van der Waals surface area contributed by atoms with Crippen LogP contribution in [0.15, 0.2) is 30.5 Å². The predicted molar refractivity (Wildman–Crippen MR) is 79.2 cm³/mol. The molecular formula is C16H13FN2OS. The van der Waals surface area contributed by atoms with Gasteiger partial charge in [0.15, 0.2) is 5.01 Å². The van der Waals surface area contributed by atoms with Gasteiger partial charge in [-0.3, -0.25) is 4.79 Å². The third-order valence-electron chi connectivity index (χ3n) is 3.42. The summed E-state index contributed by atoms with van der Waals surface area (Å²) >= 11 is 1.49. The van der Waals surface area contributed by atoms with Gasteiger partial charge in [0.1, 0.15) is 5.82 Å². The summed E-state index contributed by atoms with van der Waals surface area (Å²) in [6.45, 7) is 0.802. The highest BCUT2D eigenvalue weighted by molar-refractivity contribution is 7.12. The van der Waals surface area contributed by atoms with Crippen LogP contribution in [0.3, 0.4) is 0 Å². The lowest BCUT2D eigenvalue weighted by Gasteiger charge is -2.17. The van der Waals surface area contributed by atoms with Gasteiger partial charge in [-0.2, -0.15) is 0 Å². The highest BCUT2D eigenvalue weighted by Gasteiger charge is 2.26. The van der Waals surface area contributed by atoms with Crippen molar-refractivity contribution in [1.29, 1.82) is 0 Å². The maximum Gasteiger partial charge on any atom is 0.210 e. The Morgan fingerprint density at radius 1 is 1.43 bits per heavy atom. The summed E-state index contributed by atoms with van der Waals surface area (Å²) < 4.78 is 13.1. The van der Waals surface area contributed by atoms with Gasteiger partial charge in [0.2, 0.25) is 6.41 Å². The molecule has 3 rings (SSSR count). The Labute approximate surface area is 126 Å². The second-order valence-corrected chi connectivity index (χ2v) is 5.89. The first-order valence-corrected chi connectivity index (χ1v) is 7.52. The molecule has 1 amide bonds. The molecule has 5 heteroatoms. The van der Waals surface area contributed by atoms with Gasteiger partial charge in [-0.1, -0.05) is 12.0 Å². The van der Waals surface area contributed by atoms with E-state index in [1.54, 1.807) is 23.2 Å². The molecular weight excluding hydrogens is 287 g/mol. The first-order valence-electron chi connectivity index (χ1n) is 6.70. The summed E-state index contributed by atoms with van der Waals surface area (Å²) in [6, 6.07) is 6.31. The topological polar surface area (TPSA) is 33.2 Å². The minimum atomic E-state index is -0.297. The number of carbonyl (C=O) groups excluding carboxylic acids is 1. The second-order valence-electron chi connectivity index (χ2n) is 4.83. The van der Waals surface area contributed by atoms with E-state index in [9.17, 15) is 9.18 Å². The highest BCUT2D eigenvalue weighted by atomic mass is 32.1. The SMILES string of the molecule is O=CN1CCCC1c1cnc(C#Cc2cccc(F)c2)s1. The first-order chi connectivity index (χ1) is 10.3. The minimum absolute atomic E-state index is 0.129. The molecule has 106 valence electrons. The molecule has 0 spiro atoms. The maximum absolute atomic E-state index is 13.1. The quantitative estimate of drug-likeness (QED) is 0.631. The van der Waals surface area contributed by atoms with E-state index in [-0.39, 0.29) is 11.9 Å². The third kappa shape index (κ3) is 3.11. The van der Waals surface area contributed by atoms with Crippen LogP contribution < -0.4 is 0 Å². The largest absolute Gasteiger partial charge is 0.337 e. The molecule has 1 atom stereocenters. The lowest BCUT2D eigenvalue weighted by molar-refractivity contribution is -0.118. The van der Waals surface area contributed by atoms with E-state index in [0.29, 0.717) is 10.6 Å². The number of thiazole rings is 1. The number of hydrogen-bond acceptors (Lipinski definition) is 3. The van der Waals surface area contributed by atoms with Crippen LogP contribution in [0.1, 0.15) is 34.3 Å². The summed E-state index contributed by atoms with van der Waals surface area (Å²) in [6.07, 6.45) is 4.67. The van der Waals surface area contributed by atoms with Gasteiger partial charge in [0.25, 0.3) is 0 Å². The van der Waals surface area contributed by atoms with E-state index in [0.717, 1.165) is 30.7 Å². The van der Waals surface area contributed by atoms with Crippen LogP contribution >= 0.6 is 11.3 Å². The zero-order valence-electron chi connectivity index (χ0n) is 11.3. The zero-order valence-corrected chi connectivity index (χ0v) is 12.1. The fourth-order valence-corrected chi connectivity index (χ4v) is 3.34. The summed E-state index contributed by atoms with van der Waals surface area (Å²) in [5.41, 5.74) is 0.627. The molecule has 1 aromatic heterocycles. The lowest BCUT2D eigenvalue weighted by atomic mass is 10.2. The van der Waals surface area contributed by atoms with Crippen LogP contribution in [0.5, 0.6) is 0 Å². The summed E-state index contributed by atoms with van der Waals surface area (Å²) in [5, 5.41) is 0.687. The molecule has 1 aliphatic heterocycles. The van der Waals surface area contributed by atoms with Crippen LogP contribution in [-0.2, 0) is 4.79 Å². The minimum Gasteiger partial charge on any atom is -0.337 e. The molecule has 2 aromatic rings. The number of rotatable bonds is 2. The molecule has 1 saturated heterocycles. The van der Waals surface area contributed by atoms with Crippen LogP contribution in [0.25, 0.3) is 0 Å². The van der Waals surface area contributed by atoms with Gasteiger partial charge in [0, 0.05) is 23.2 Å². The monoisotopic (exact) mass is 300 g/mol. The number of aromatic nitrogens is 1. The number of likely N-dealkylation sites (tertiary alicyclic amines) is 1. The number of amides is 1. The Bertz CT molecular complexity index is 716. The maximum atomic E-state index is 13.1. The zero-order chi connectivity index (χ0) is 14.7. The summed E-state index contributed by atoms with van der Waals surface area (Å²) in [7, 11) is 0. The van der Waals surface area contributed by atoms with Crippen molar-refractivity contribution in [3.63, 3.8) is 0 Å². The van der Waals surface area contributed by atoms with Crippen molar-refractivity contribution in [3.8, 4) is 11.8 Å². The van der Waals surface area contributed by atoms with Crippen molar-refractivity contribution >= 4 is 17.7 Å². The van der Waals surface area contributed by atoms with E-state index < -0.39 is 0 Å². The average molecular weight is 300 g/mol. The van der Waals surface area contributed by atoms with Gasteiger partial charge in [-0.15, -0.1) is 11.3 Å². The number of halogens is 1. The van der Waals surface area contributed by atoms with Crippen LogP contribution in [-0.4, -0.2) is 22.8 Å². The third-order valence-corrected chi connectivity index (χ3v) is 4.43. The second kappa shape index (κ2) is 6.06. The van der Waals surface area contributed by atoms with Crippen LogP contribution in [0.4, 0.5) is 4.39 Å². The smallest absolute Gasteiger partial charge is 0.210 e. The first kappa shape index (κ1) is 13.8. The molecule has 0 bridgehead atoms. The number of benzene rings is 1. The van der Waals surface area contributed by atoms with E-state index >= 15 is 0 Å². The Morgan fingerprint density at radius 3 is 3.14 bits per heavy atom. The molecule has 1 aromatic carbocycles. The van der Waals surface area contributed by atoms with Gasteiger partial charge >= 0.3 is 0 Å². The van der Waals surface area contributed by atoms with Gasteiger partial charge < -0.3 is 4.90 Å². The van der Waals surface area contributed by atoms with E-state index in [1.165, 1.54) is 23.5 Å². The molecule has 0 N–H and O–H groups in total. The van der Waals surface area contributed by atoms with Crippen molar-refractivity contribution in [1.82, 2.24) is 9.88 Å². The van der Waals surface area contributed by atoms with Crippen LogP contribution in [0, 0.1) is 17.7 Å². The van der Waals surface area contributed by atoms with E-state index in [4.69, 9.17) is 0 Å². The lowest BCUT2D eigenvalue weighted by Crippen LogP contribution is -2.20. The fraction of sp³-hybridized carbons (Fsp3) is 0.250. The molecule has 0 radical (unpaired) electrons. The molecule has 3 nitrogen and oxygen atoms in total. The number of carbonyl (C=O) groups is 1. The summed E-state index contributed by atoms with van der Waals surface area (Å²) in [4.78, 5) is 18.1. The van der Waals surface area contributed by atoms with Crippen molar-refractivity contribution in [2.24, 2.45) is 0 Å². The standard InChI is InChI=1S/C16H13FN2OS/c17-13-4-1-3-12(9-13)6-7-16-18-10-15(21-16)14-5-2-8-19(14)11-20/h1,3-4,9-11,14H,2,5,8H2. The van der Waals surface area contributed by atoms with Crippen LogP contribution in [0.2, 0.25) is 0 Å². The average Bonchev–Trinajstić information content (AvgIpc) is 3.13. The molecule has 1 fully saturated rings. The Morgan fingerprint density at radius 2 is 2.33 bits per heavy atom. The Balaban J connectivity index is 1.78. The van der Waals surface area contributed by atoms with Crippen molar-refractivity contribution in [2.75, 3.05) is 6.54 Å². The number of hydrogen-bond donors (Lipinski definition) is 0. The Kier molecular flexibility index (Phi) is 3.98. The molecule has 0 saturated carbocycles. The Hall–Kier alpha value is -2.19. The molecule has 1 unspecified atom stereocenters. The van der Waals surface area contributed by atoms with E-state index in [2.05, 4.69) is 16.8 Å². The number of nitrogens with zero attached hydrogens (tertiary/aromatic N) is 2. The van der Waals surface area contributed by atoms with Gasteiger partial charge in [0.05, 0.1) is 6.04 Å². The fourth-order valence-electron chi connectivity index (χ4n) is 2.41. The molecule has 0 aliphatic carbocycles. The molecule has 1 aliphatic rings. The molecule has 21 heavy (non-hydrogen) atoms. The van der Waals surface area contributed by atoms with Gasteiger partial charge in [-0.25, -0.2) is 9.37 Å². The van der Waals surface area contributed by atoms with Crippen molar-refractivity contribution in [3.05, 3.63) is 51.7 Å². The van der Waals surface area contributed by atoms with Gasteiger partial charge in [-0.05, 0) is 37.0 Å². The van der Waals surface area contributed by atoms with E-state index in [1.807, 2.05) is 0 Å². The normalized spacial score (nSPS) is 17.4. The summed E-state index contributed by atoms with van der Waals surface area (Å²) in [5.74, 6) is 5.56. The molecule has 2 heterocycles. The van der Waals surface area contributed by atoms with Crippen molar-refractivity contribution in [2.45, 2.75) is 18.9 Å².